The number of ether oxygens (including phenoxy) is 2. The molecule has 132 valence electrons. The molecule has 1 amide bonds. The lowest BCUT2D eigenvalue weighted by atomic mass is 10.1. The van der Waals surface area contributed by atoms with E-state index in [9.17, 15) is 4.79 Å². The minimum atomic E-state index is 0.119. The first kappa shape index (κ1) is 17.3. The number of benzene rings is 2. The second-order valence-electron chi connectivity index (χ2n) is 6.61. The topological polar surface area (TPSA) is 38.8 Å². The number of amides is 1. The van der Waals surface area contributed by atoms with E-state index in [1.54, 1.807) is 0 Å². The molecule has 1 aliphatic rings. The molecule has 1 aliphatic heterocycles. The van der Waals surface area contributed by atoms with Gasteiger partial charge < -0.3 is 14.4 Å². The van der Waals surface area contributed by atoms with Crippen LogP contribution in [0.3, 0.4) is 0 Å². The Kier molecular flexibility index (Phi) is 5.59. The highest BCUT2D eigenvalue weighted by Crippen LogP contribution is 2.30. The van der Waals surface area contributed by atoms with Gasteiger partial charge >= 0.3 is 0 Å². The summed E-state index contributed by atoms with van der Waals surface area (Å²) in [6.07, 6.45) is 1.24. The minimum absolute atomic E-state index is 0.119. The van der Waals surface area contributed by atoms with Crippen molar-refractivity contribution >= 4 is 5.91 Å². The highest BCUT2D eigenvalue weighted by Gasteiger charge is 2.19. The van der Waals surface area contributed by atoms with Crippen LogP contribution in [0.1, 0.15) is 31.4 Å². The molecule has 25 heavy (non-hydrogen) atoms. The molecule has 0 saturated carbocycles. The van der Waals surface area contributed by atoms with Crippen LogP contribution in [-0.4, -0.2) is 30.1 Å². The van der Waals surface area contributed by atoms with Crippen LogP contribution in [0.4, 0.5) is 0 Å². The van der Waals surface area contributed by atoms with Gasteiger partial charge in [0.1, 0.15) is 0 Å². The molecule has 0 radical (unpaired) electrons. The van der Waals surface area contributed by atoms with Gasteiger partial charge in [0.15, 0.2) is 11.5 Å². The fourth-order valence-electron chi connectivity index (χ4n) is 2.93. The predicted octanol–water partition coefficient (Wildman–Crippen LogP) is 3.83. The summed E-state index contributed by atoms with van der Waals surface area (Å²) in [5.41, 5.74) is 2.09. The van der Waals surface area contributed by atoms with Crippen LogP contribution in [0.2, 0.25) is 0 Å². The Labute approximate surface area is 149 Å². The molecule has 2 aromatic carbocycles. The van der Waals surface area contributed by atoms with E-state index in [0.717, 1.165) is 29.0 Å². The maximum atomic E-state index is 12.8. The van der Waals surface area contributed by atoms with Gasteiger partial charge in [-0.1, -0.05) is 36.4 Å². The number of hydrogen-bond donors (Lipinski definition) is 0. The van der Waals surface area contributed by atoms with E-state index in [0.29, 0.717) is 26.2 Å². The summed E-state index contributed by atoms with van der Waals surface area (Å²) in [7, 11) is 0. The Morgan fingerprint density at radius 2 is 1.72 bits per heavy atom. The highest BCUT2D eigenvalue weighted by atomic mass is 16.5. The first-order valence-corrected chi connectivity index (χ1v) is 8.85. The third kappa shape index (κ3) is 4.53. The third-order valence-corrected chi connectivity index (χ3v) is 4.31. The number of hydrogen-bond acceptors (Lipinski definition) is 3. The van der Waals surface area contributed by atoms with Crippen LogP contribution in [0, 0.1) is 0 Å². The van der Waals surface area contributed by atoms with Gasteiger partial charge in [0, 0.05) is 19.0 Å². The first-order chi connectivity index (χ1) is 12.1. The minimum Gasteiger partial charge on any atom is -0.490 e. The van der Waals surface area contributed by atoms with Gasteiger partial charge in [0.05, 0.1) is 19.6 Å². The monoisotopic (exact) mass is 339 g/mol. The second kappa shape index (κ2) is 8.06. The summed E-state index contributed by atoms with van der Waals surface area (Å²) in [6.45, 7) is 6.05. The van der Waals surface area contributed by atoms with Gasteiger partial charge in [0.25, 0.3) is 0 Å². The van der Waals surface area contributed by atoms with E-state index in [1.165, 1.54) is 0 Å². The Hall–Kier alpha value is -2.49. The zero-order valence-corrected chi connectivity index (χ0v) is 14.9. The molecule has 0 spiro atoms. The summed E-state index contributed by atoms with van der Waals surface area (Å²) >= 11 is 0. The summed E-state index contributed by atoms with van der Waals surface area (Å²) in [6, 6.07) is 16.0. The maximum absolute atomic E-state index is 12.8. The van der Waals surface area contributed by atoms with E-state index >= 15 is 0 Å². The van der Waals surface area contributed by atoms with E-state index in [1.807, 2.05) is 41.3 Å². The lowest BCUT2D eigenvalue weighted by molar-refractivity contribution is -0.132. The molecule has 0 unspecified atom stereocenters. The van der Waals surface area contributed by atoms with Crippen molar-refractivity contribution in [2.24, 2.45) is 0 Å². The molecule has 4 nitrogen and oxygen atoms in total. The Morgan fingerprint density at radius 3 is 2.44 bits per heavy atom. The molecular weight excluding hydrogens is 314 g/mol. The Bertz CT molecular complexity index is 712. The van der Waals surface area contributed by atoms with Crippen LogP contribution in [0.15, 0.2) is 48.5 Å². The molecule has 0 aromatic heterocycles. The molecule has 4 heteroatoms. The van der Waals surface area contributed by atoms with Crippen molar-refractivity contribution in [3.8, 4) is 11.5 Å². The Balaban J connectivity index is 1.72. The van der Waals surface area contributed by atoms with E-state index < -0.39 is 0 Å². The van der Waals surface area contributed by atoms with Crippen LogP contribution in [-0.2, 0) is 17.8 Å². The lowest BCUT2D eigenvalue weighted by Gasteiger charge is -2.27. The van der Waals surface area contributed by atoms with Gasteiger partial charge in [-0.3, -0.25) is 4.79 Å². The SMILES string of the molecule is CC(C)N(Cc1ccccc1)C(=O)Cc1ccc2c(c1)OCCCO2. The standard InChI is InChI=1S/C21H25NO3/c1-16(2)22(15-17-7-4-3-5-8-17)21(23)14-18-9-10-19-20(13-18)25-12-6-11-24-19/h3-5,7-10,13,16H,6,11-12,14-15H2,1-2H3. The van der Waals surface area contributed by atoms with Crippen LogP contribution >= 0.6 is 0 Å². The van der Waals surface area contributed by atoms with Crippen molar-refractivity contribution in [2.75, 3.05) is 13.2 Å². The van der Waals surface area contributed by atoms with Crippen molar-refractivity contribution < 1.29 is 14.3 Å². The molecule has 0 bridgehead atoms. The molecule has 0 atom stereocenters. The van der Waals surface area contributed by atoms with Crippen LogP contribution < -0.4 is 9.47 Å². The average molecular weight is 339 g/mol. The molecule has 0 aliphatic carbocycles. The van der Waals surface area contributed by atoms with E-state index in [-0.39, 0.29) is 11.9 Å². The average Bonchev–Trinajstić information content (AvgIpc) is 2.85. The number of nitrogens with zero attached hydrogens (tertiary/aromatic N) is 1. The summed E-state index contributed by atoms with van der Waals surface area (Å²) in [4.78, 5) is 14.8. The van der Waals surface area contributed by atoms with Crippen LogP contribution in [0.25, 0.3) is 0 Å². The normalized spacial score (nSPS) is 13.4. The molecule has 0 fully saturated rings. The number of rotatable bonds is 5. The fraction of sp³-hybridized carbons (Fsp3) is 0.381. The van der Waals surface area contributed by atoms with Gasteiger partial charge in [0.2, 0.25) is 5.91 Å². The highest BCUT2D eigenvalue weighted by molar-refractivity contribution is 5.79. The molecule has 2 aromatic rings. The van der Waals surface area contributed by atoms with Crippen LogP contribution in [0.5, 0.6) is 11.5 Å². The van der Waals surface area contributed by atoms with Gasteiger partial charge in [-0.05, 0) is 37.1 Å². The Morgan fingerprint density at radius 1 is 1.00 bits per heavy atom. The number of carbonyl (C=O) groups excluding carboxylic acids is 1. The number of carbonyl (C=O) groups is 1. The zero-order chi connectivity index (χ0) is 17.6. The zero-order valence-electron chi connectivity index (χ0n) is 14.9. The van der Waals surface area contributed by atoms with Crippen molar-refractivity contribution in [3.05, 3.63) is 59.7 Å². The van der Waals surface area contributed by atoms with Gasteiger partial charge in [-0.2, -0.15) is 0 Å². The summed E-state index contributed by atoms with van der Waals surface area (Å²) < 4.78 is 11.4. The largest absolute Gasteiger partial charge is 0.490 e. The summed E-state index contributed by atoms with van der Waals surface area (Å²) in [5, 5.41) is 0. The fourth-order valence-corrected chi connectivity index (χ4v) is 2.93. The molecule has 0 saturated heterocycles. The van der Waals surface area contributed by atoms with Gasteiger partial charge in [-0.25, -0.2) is 0 Å². The van der Waals surface area contributed by atoms with Gasteiger partial charge in [-0.15, -0.1) is 0 Å². The first-order valence-electron chi connectivity index (χ1n) is 8.85. The molecule has 3 rings (SSSR count). The second-order valence-corrected chi connectivity index (χ2v) is 6.61. The van der Waals surface area contributed by atoms with Crippen molar-refractivity contribution in [3.63, 3.8) is 0 Å². The van der Waals surface area contributed by atoms with Crippen molar-refractivity contribution in [1.82, 2.24) is 4.90 Å². The molecule has 0 N–H and O–H groups in total. The van der Waals surface area contributed by atoms with Crippen molar-refractivity contribution in [1.29, 1.82) is 0 Å². The molecule has 1 heterocycles. The number of fused-ring (bicyclic) bond motifs is 1. The van der Waals surface area contributed by atoms with Crippen molar-refractivity contribution in [2.45, 2.75) is 39.3 Å². The quantitative estimate of drug-likeness (QED) is 0.831. The smallest absolute Gasteiger partial charge is 0.227 e. The summed E-state index contributed by atoms with van der Waals surface area (Å²) in [5.74, 6) is 1.62. The predicted molar refractivity (Wildman–Crippen MR) is 97.9 cm³/mol. The third-order valence-electron chi connectivity index (χ3n) is 4.31. The van der Waals surface area contributed by atoms with E-state index in [4.69, 9.17) is 9.47 Å². The molecular formula is C21H25NO3. The maximum Gasteiger partial charge on any atom is 0.227 e. The lowest BCUT2D eigenvalue weighted by Crippen LogP contribution is -2.37. The van der Waals surface area contributed by atoms with E-state index in [2.05, 4.69) is 26.0 Å².